The average molecular weight is 322 g/mol. The van der Waals surface area contributed by atoms with Crippen molar-refractivity contribution in [3.8, 4) is 0 Å². The zero-order chi connectivity index (χ0) is 14.2. The number of aromatic nitrogens is 1. The predicted molar refractivity (Wildman–Crippen MR) is 72.9 cm³/mol. The van der Waals surface area contributed by atoms with E-state index in [4.69, 9.17) is 33.5 Å². The molecule has 0 aliphatic carbocycles. The van der Waals surface area contributed by atoms with Gasteiger partial charge in [0.15, 0.2) is 0 Å². The van der Waals surface area contributed by atoms with Crippen LogP contribution in [0.25, 0.3) is 0 Å². The highest BCUT2D eigenvalue weighted by molar-refractivity contribution is 7.93. The summed E-state index contributed by atoms with van der Waals surface area (Å²) in [6.07, 6.45) is 0. The van der Waals surface area contributed by atoms with E-state index >= 15 is 0 Å². The molecule has 0 spiro atoms. The van der Waals surface area contributed by atoms with Gasteiger partial charge in [0, 0.05) is 11.1 Å². The molecule has 0 bridgehead atoms. The predicted octanol–water partition coefficient (Wildman–Crippen LogP) is 2.67. The Hall–Kier alpha value is -1.44. The first-order valence-corrected chi connectivity index (χ1v) is 7.24. The maximum atomic E-state index is 12.2. The molecule has 2 rings (SSSR count). The molecule has 0 unspecified atom stereocenters. The third-order valence-corrected chi connectivity index (χ3v) is 4.26. The van der Waals surface area contributed by atoms with Gasteiger partial charge in [0.25, 0.3) is 10.0 Å². The Bertz CT molecular complexity index is 704. The second kappa shape index (κ2) is 4.92. The van der Waals surface area contributed by atoms with Gasteiger partial charge < -0.3 is 10.3 Å². The fourth-order valence-corrected chi connectivity index (χ4v) is 3.42. The number of nitrogens with two attached hydrogens (primary N) is 1. The van der Waals surface area contributed by atoms with Crippen molar-refractivity contribution >= 4 is 44.8 Å². The second-order valence-electron chi connectivity index (χ2n) is 3.74. The SMILES string of the molecule is Cc1cc(NS(=O)(=O)c2c(N)cc(Cl)cc2Cl)on1. The fraction of sp³-hybridized carbons (Fsp3) is 0.100. The van der Waals surface area contributed by atoms with Crippen molar-refractivity contribution in [1.82, 2.24) is 5.16 Å². The van der Waals surface area contributed by atoms with Crippen molar-refractivity contribution < 1.29 is 12.9 Å². The van der Waals surface area contributed by atoms with Crippen LogP contribution < -0.4 is 10.5 Å². The number of halogens is 2. The number of hydrogen-bond acceptors (Lipinski definition) is 5. The van der Waals surface area contributed by atoms with E-state index in [0.29, 0.717) is 5.69 Å². The van der Waals surface area contributed by atoms with Crippen molar-refractivity contribution in [2.75, 3.05) is 10.5 Å². The summed E-state index contributed by atoms with van der Waals surface area (Å²) in [6, 6.07) is 4.02. The summed E-state index contributed by atoms with van der Waals surface area (Å²) in [5.41, 5.74) is 6.11. The number of hydrogen-bond donors (Lipinski definition) is 2. The summed E-state index contributed by atoms with van der Waals surface area (Å²) >= 11 is 11.6. The molecule has 2 aromatic rings. The largest absolute Gasteiger partial charge is 0.398 e. The molecule has 0 radical (unpaired) electrons. The molecular formula is C10H9Cl2N3O3S. The lowest BCUT2D eigenvalue weighted by Gasteiger charge is -2.09. The molecule has 6 nitrogen and oxygen atoms in total. The van der Waals surface area contributed by atoms with Crippen molar-refractivity contribution in [2.24, 2.45) is 0 Å². The summed E-state index contributed by atoms with van der Waals surface area (Å²) in [4.78, 5) is -0.257. The van der Waals surface area contributed by atoms with Gasteiger partial charge in [0.05, 0.1) is 16.4 Å². The number of rotatable bonds is 3. The third-order valence-electron chi connectivity index (χ3n) is 2.17. The lowest BCUT2D eigenvalue weighted by atomic mass is 10.3. The Morgan fingerprint density at radius 1 is 1.32 bits per heavy atom. The summed E-state index contributed by atoms with van der Waals surface area (Å²) in [7, 11) is -3.98. The van der Waals surface area contributed by atoms with E-state index in [1.165, 1.54) is 18.2 Å². The van der Waals surface area contributed by atoms with Crippen LogP contribution in [0.4, 0.5) is 11.6 Å². The lowest BCUT2D eigenvalue weighted by molar-refractivity contribution is 0.430. The number of nitrogen functional groups attached to an aromatic ring is 1. The number of aryl methyl sites for hydroxylation is 1. The molecule has 1 aromatic carbocycles. The molecule has 3 N–H and O–H groups in total. The van der Waals surface area contributed by atoms with Gasteiger partial charge in [-0.15, -0.1) is 0 Å². The lowest BCUT2D eigenvalue weighted by Crippen LogP contribution is -2.15. The summed E-state index contributed by atoms with van der Waals surface area (Å²) in [6.45, 7) is 1.66. The topological polar surface area (TPSA) is 98.2 Å². The normalized spacial score (nSPS) is 11.5. The summed E-state index contributed by atoms with van der Waals surface area (Å²) < 4.78 is 31.3. The quantitative estimate of drug-likeness (QED) is 0.847. The molecule has 0 aliphatic heterocycles. The highest BCUT2D eigenvalue weighted by atomic mass is 35.5. The first kappa shape index (κ1) is 14.0. The van der Waals surface area contributed by atoms with Crippen LogP contribution in [-0.2, 0) is 10.0 Å². The van der Waals surface area contributed by atoms with Gasteiger partial charge in [-0.2, -0.15) is 0 Å². The van der Waals surface area contributed by atoms with Crippen LogP contribution in [-0.4, -0.2) is 13.6 Å². The molecule has 1 aromatic heterocycles. The van der Waals surface area contributed by atoms with Gasteiger partial charge >= 0.3 is 0 Å². The van der Waals surface area contributed by atoms with Crippen LogP contribution in [0.2, 0.25) is 10.0 Å². The zero-order valence-electron chi connectivity index (χ0n) is 9.65. The monoisotopic (exact) mass is 321 g/mol. The number of sulfonamides is 1. The Kier molecular flexibility index (Phi) is 3.62. The smallest absolute Gasteiger partial charge is 0.267 e. The molecule has 102 valence electrons. The van der Waals surface area contributed by atoms with E-state index in [-0.39, 0.29) is 26.5 Å². The molecule has 0 aliphatic rings. The Morgan fingerprint density at radius 3 is 2.53 bits per heavy atom. The Labute approximate surface area is 119 Å². The average Bonchev–Trinajstić information content (AvgIpc) is 2.60. The van der Waals surface area contributed by atoms with Crippen molar-refractivity contribution in [2.45, 2.75) is 11.8 Å². The number of benzene rings is 1. The second-order valence-corrected chi connectivity index (χ2v) is 6.21. The standard InChI is InChI=1S/C10H9Cl2N3O3S/c1-5-2-9(18-14-5)15-19(16,17)10-7(12)3-6(11)4-8(10)13/h2-4,15H,13H2,1H3. The molecule has 19 heavy (non-hydrogen) atoms. The van der Waals surface area contributed by atoms with Crippen LogP contribution >= 0.6 is 23.2 Å². The van der Waals surface area contributed by atoms with Gasteiger partial charge in [0.1, 0.15) is 4.90 Å². The highest BCUT2D eigenvalue weighted by Gasteiger charge is 2.23. The maximum absolute atomic E-state index is 12.2. The highest BCUT2D eigenvalue weighted by Crippen LogP contribution is 2.32. The maximum Gasteiger partial charge on any atom is 0.267 e. The van der Waals surface area contributed by atoms with E-state index < -0.39 is 10.0 Å². The first-order valence-electron chi connectivity index (χ1n) is 5.00. The van der Waals surface area contributed by atoms with Crippen molar-refractivity contribution in [1.29, 1.82) is 0 Å². The molecule has 0 saturated carbocycles. The Morgan fingerprint density at radius 2 is 2.00 bits per heavy atom. The zero-order valence-corrected chi connectivity index (χ0v) is 12.0. The van der Waals surface area contributed by atoms with Crippen molar-refractivity contribution in [3.63, 3.8) is 0 Å². The van der Waals surface area contributed by atoms with Gasteiger partial charge in [-0.25, -0.2) is 13.1 Å². The van der Waals surface area contributed by atoms with Crippen LogP contribution in [0.1, 0.15) is 5.69 Å². The van der Waals surface area contributed by atoms with Crippen LogP contribution in [0.5, 0.6) is 0 Å². The minimum absolute atomic E-state index is 0.0251. The van der Waals surface area contributed by atoms with Gasteiger partial charge in [0.2, 0.25) is 5.88 Å². The van der Waals surface area contributed by atoms with Gasteiger partial charge in [-0.1, -0.05) is 28.4 Å². The van der Waals surface area contributed by atoms with E-state index in [9.17, 15) is 8.42 Å². The molecule has 9 heteroatoms. The molecule has 0 atom stereocenters. The fourth-order valence-electron chi connectivity index (χ4n) is 1.46. The van der Waals surface area contributed by atoms with Crippen LogP contribution in [0.15, 0.2) is 27.6 Å². The molecule has 0 fully saturated rings. The molecular weight excluding hydrogens is 313 g/mol. The van der Waals surface area contributed by atoms with Crippen LogP contribution in [0.3, 0.4) is 0 Å². The van der Waals surface area contributed by atoms with Crippen molar-refractivity contribution in [3.05, 3.63) is 33.9 Å². The molecule has 1 heterocycles. The molecule has 0 amide bonds. The summed E-state index contributed by atoms with van der Waals surface area (Å²) in [5, 5.41) is 3.74. The number of nitrogens with one attached hydrogen (secondary N) is 1. The minimum Gasteiger partial charge on any atom is -0.398 e. The van der Waals surface area contributed by atoms with Crippen LogP contribution in [0, 0.1) is 6.92 Å². The third kappa shape index (κ3) is 2.94. The first-order chi connectivity index (χ1) is 8.79. The number of nitrogens with zero attached hydrogens (tertiary/aromatic N) is 1. The van der Waals surface area contributed by atoms with E-state index in [2.05, 4.69) is 9.88 Å². The summed E-state index contributed by atoms with van der Waals surface area (Å²) in [5.74, 6) is -0.0251. The van der Waals surface area contributed by atoms with Gasteiger partial charge in [-0.05, 0) is 19.1 Å². The Balaban J connectivity index is 2.45. The molecule has 0 saturated heterocycles. The number of anilines is 2. The van der Waals surface area contributed by atoms with E-state index in [1.54, 1.807) is 6.92 Å². The minimum atomic E-state index is -3.98. The van der Waals surface area contributed by atoms with Gasteiger partial charge in [-0.3, -0.25) is 0 Å². The van der Waals surface area contributed by atoms with E-state index in [1.807, 2.05) is 0 Å². The van der Waals surface area contributed by atoms with E-state index in [0.717, 1.165) is 0 Å².